The minimum Gasteiger partial charge on any atom is -0.390 e. The maximum atomic E-state index is 15.4. The molecule has 26 nitrogen and oxygen atoms in total. The SMILES string of the molecule is C/C=C/C[C@@H](C)[C@@H](O)[C@H]1C(=O)N(C)[C@@H](CC)C(=O)N(C)[C@H](C)C(=O)N(C)[C@@H]([C@@H](C)CN2CCO[C@H](COC)C2)C(=O)N[C@@H](C(C)C)C(=O)N(C)[C@@H](CC(C)C)C(=O)N[C@@H](C)C(=O)N[C@H](C)C(=O)N(C)[C@@H](CC(C)C)C(=O)N(C)[C@@H](CC(C)C)C(=O)N(C)[C@@H](C(C)C)C(=O)N1C. The molecule has 0 aliphatic carbocycles. The maximum absolute atomic E-state index is 15.4. The van der Waals surface area contributed by atoms with Crippen LogP contribution in [0.3, 0.4) is 0 Å². The van der Waals surface area contributed by atoms with E-state index in [9.17, 15) is 24.3 Å². The number of nitrogens with one attached hydrogen (secondary N) is 3. The summed E-state index contributed by atoms with van der Waals surface area (Å²) in [6.07, 6.45) is 2.57. The molecule has 2 fully saturated rings. The molecule has 2 heterocycles. The number of carbonyl (C=O) groups is 11. The van der Waals surface area contributed by atoms with Gasteiger partial charge in [-0.25, -0.2) is 0 Å². The number of amides is 11. The zero-order valence-electron chi connectivity index (χ0n) is 62.6. The van der Waals surface area contributed by atoms with Gasteiger partial charge in [0.1, 0.15) is 66.5 Å². The summed E-state index contributed by atoms with van der Waals surface area (Å²) in [6.45, 7) is 31.5. The Morgan fingerprint density at radius 2 is 0.968 bits per heavy atom. The molecule has 0 aromatic carbocycles. The van der Waals surface area contributed by atoms with E-state index in [-0.39, 0.29) is 56.1 Å². The van der Waals surface area contributed by atoms with Crippen LogP contribution in [0.4, 0.5) is 0 Å². The lowest BCUT2D eigenvalue weighted by atomic mass is 9.91. The molecule has 15 atom stereocenters. The van der Waals surface area contributed by atoms with Gasteiger partial charge in [0.05, 0.1) is 25.4 Å². The van der Waals surface area contributed by atoms with Gasteiger partial charge in [0.2, 0.25) is 65.0 Å². The second-order valence-corrected chi connectivity index (χ2v) is 28.9. The molecule has 2 saturated heterocycles. The molecular formula is C69H124N12O14. The molecule has 0 spiro atoms. The van der Waals surface area contributed by atoms with E-state index in [0.29, 0.717) is 32.7 Å². The van der Waals surface area contributed by atoms with Crippen molar-refractivity contribution in [3.8, 4) is 0 Å². The number of aliphatic hydroxyl groups excluding tert-OH is 1. The van der Waals surface area contributed by atoms with Crippen molar-refractivity contribution in [1.29, 1.82) is 0 Å². The van der Waals surface area contributed by atoms with Crippen molar-refractivity contribution in [1.82, 2.24) is 60.0 Å². The van der Waals surface area contributed by atoms with Gasteiger partial charge in [0.25, 0.3) is 0 Å². The highest BCUT2D eigenvalue weighted by molar-refractivity contribution is 6.00. The van der Waals surface area contributed by atoms with Gasteiger partial charge in [-0.1, -0.05) is 102 Å². The van der Waals surface area contributed by atoms with Gasteiger partial charge in [-0.2, -0.15) is 0 Å². The van der Waals surface area contributed by atoms with Gasteiger partial charge in [-0.15, -0.1) is 0 Å². The number of hydrogen-bond donors (Lipinski definition) is 4. The van der Waals surface area contributed by atoms with Crippen LogP contribution in [0, 0.1) is 41.4 Å². The number of allylic oxidation sites excluding steroid dienone is 2. The highest BCUT2D eigenvalue weighted by Gasteiger charge is 2.48. The van der Waals surface area contributed by atoms with Crippen molar-refractivity contribution >= 4 is 65.0 Å². The Kier molecular flexibility index (Phi) is 34.5. The molecule has 0 radical (unpaired) electrons. The molecule has 11 amide bonds. The molecule has 0 aromatic heterocycles. The third kappa shape index (κ3) is 22.7. The summed E-state index contributed by atoms with van der Waals surface area (Å²) < 4.78 is 11.3. The molecule has 2 aliphatic rings. The zero-order chi connectivity index (χ0) is 73.1. The van der Waals surface area contributed by atoms with Crippen molar-refractivity contribution < 1.29 is 67.3 Å². The Hall–Kier alpha value is -6.25. The third-order valence-corrected chi connectivity index (χ3v) is 18.9. The van der Waals surface area contributed by atoms with Gasteiger partial charge in [0, 0.05) is 83.1 Å². The van der Waals surface area contributed by atoms with Crippen molar-refractivity contribution in [2.45, 2.75) is 228 Å². The van der Waals surface area contributed by atoms with Crippen LogP contribution in [0.1, 0.15) is 150 Å². The first-order chi connectivity index (χ1) is 44.1. The van der Waals surface area contributed by atoms with E-state index in [2.05, 4.69) is 20.9 Å². The number of morpholine rings is 1. The maximum Gasteiger partial charge on any atom is 0.248 e. The topological polar surface area (TPSA) is 292 Å². The van der Waals surface area contributed by atoms with E-state index in [0.717, 1.165) is 4.90 Å². The number of methoxy groups -OCH3 is 1. The quantitative estimate of drug-likeness (QED) is 0.144. The average molecular weight is 1350 g/mol. The Labute approximate surface area is 568 Å². The highest BCUT2D eigenvalue weighted by atomic mass is 16.5. The number of rotatable bonds is 18. The number of carbonyl (C=O) groups excluding carboxylic acids is 11. The first-order valence-electron chi connectivity index (χ1n) is 34.2. The number of ether oxygens (including phenoxy) is 2. The van der Waals surface area contributed by atoms with E-state index < -0.39 is 161 Å². The summed E-state index contributed by atoms with van der Waals surface area (Å²) in [6, 6.07) is -13.9. The standard InChI is InChI=1S/C69H124N12O14/c1-27-29-30-44(13)58(82)57-69(93)74(19)50(28-2)64(88)73(18)48(17)63(87)79(24)56(45(14)36-81-31-32-95-49(37-81)38-94-26)61(85)72-54(42(9)10)67(91)75(20)51(33-39(3)4)60(84)70-46(15)59(83)71-47(16)62(86)76(21)52(34-40(5)6)65(89)77(22)53(35-41(7)8)66(90)78(23)55(43(11)12)68(92)80(57)25/h27,29,39-58,82H,28,30-38H2,1-26H3,(H,70,84)(H,71,83)(H,72,85)/b29-27+/t44-,45+,46+,47-,48-,49+,50+,51+,52+,53+,54+,55+,56+,57+,58-/m1/s1. The van der Waals surface area contributed by atoms with Gasteiger partial charge >= 0.3 is 0 Å². The molecular weight excluding hydrogens is 1220 g/mol. The van der Waals surface area contributed by atoms with Crippen molar-refractivity contribution in [2.24, 2.45) is 41.4 Å². The minimum absolute atomic E-state index is 0.0194. The molecule has 0 aromatic rings. The summed E-state index contributed by atoms with van der Waals surface area (Å²) in [5.41, 5.74) is 0. The molecule has 0 unspecified atom stereocenters. The van der Waals surface area contributed by atoms with Crippen LogP contribution >= 0.6 is 0 Å². The second-order valence-electron chi connectivity index (χ2n) is 28.9. The zero-order valence-corrected chi connectivity index (χ0v) is 62.6. The first-order valence-corrected chi connectivity index (χ1v) is 34.2. The Bertz CT molecular complexity index is 2620. The van der Waals surface area contributed by atoms with Crippen LogP contribution in [0.5, 0.6) is 0 Å². The lowest BCUT2D eigenvalue weighted by Gasteiger charge is -2.43. The summed E-state index contributed by atoms with van der Waals surface area (Å²) in [4.78, 5) is 177. The van der Waals surface area contributed by atoms with Crippen LogP contribution in [-0.4, -0.2) is 289 Å². The van der Waals surface area contributed by atoms with Gasteiger partial charge in [-0.3, -0.25) is 57.6 Å². The molecule has 544 valence electrons. The van der Waals surface area contributed by atoms with Gasteiger partial charge in [-0.05, 0) is 101 Å². The summed E-state index contributed by atoms with van der Waals surface area (Å²) in [7, 11) is 13.0. The lowest BCUT2D eigenvalue weighted by Crippen LogP contribution is -2.64. The lowest BCUT2D eigenvalue weighted by molar-refractivity contribution is -0.161. The van der Waals surface area contributed by atoms with Crippen LogP contribution in [0.25, 0.3) is 0 Å². The predicted molar refractivity (Wildman–Crippen MR) is 365 cm³/mol. The Balaban J connectivity index is 3.10. The van der Waals surface area contributed by atoms with Crippen molar-refractivity contribution in [2.75, 3.05) is 96.3 Å². The molecule has 0 bridgehead atoms. The summed E-state index contributed by atoms with van der Waals surface area (Å²) in [5, 5.41) is 20.8. The minimum atomic E-state index is -1.62. The molecule has 26 heteroatoms. The van der Waals surface area contributed by atoms with Gasteiger partial charge in [0.15, 0.2) is 0 Å². The van der Waals surface area contributed by atoms with Crippen molar-refractivity contribution in [3.05, 3.63) is 12.2 Å². The fourth-order valence-electron chi connectivity index (χ4n) is 12.9. The predicted octanol–water partition coefficient (Wildman–Crippen LogP) is 2.94. The molecule has 95 heavy (non-hydrogen) atoms. The first kappa shape index (κ1) is 84.8. The Morgan fingerprint density at radius 1 is 0.516 bits per heavy atom. The number of likely N-dealkylation sites (N-methyl/N-ethyl adjacent to an activating group) is 8. The van der Waals surface area contributed by atoms with E-state index in [1.165, 1.54) is 111 Å². The van der Waals surface area contributed by atoms with Crippen LogP contribution < -0.4 is 16.0 Å². The molecule has 2 aliphatic heterocycles. The van der Waals surface area contributed by atoms with E-state index >= 15 is 33.6 Å². The summed E-state index contributed by atoms with van der Waals surface area (Å²) >= 11 is 0. The summed E-state index contributed by atoms with van der Waals surface area (Å²) in [5.74, 6) is -10.3. The fraction of sp³-hybridized carbons (Fsp3) is 0.812. The molecule has 2 rings (SSSR count). The number of nitrogens with zero attached hydrogens (tertiary/aromatic N) is 9. The molecule has 0 saturated carbocycles. The second kappa shape index (κ2) is 38.6. The van der Waals surface area contributed by atoms with Crippen LogP contribution in [0.15, 0.2) is 12.2 Å². The number of aliphatic hydroxyl groups is 1. The third-order valence-electron chi connectivity index (χ3n) is 18.9. The normalized spacial score (nSPS) is 28.5. The van der Waals surface area contributed by atoms with E-state index in [1.807, 2.05) is 61.5 Å². The highest BCUT2D eigenvalue weighted by Crippen LogP contribution is 2.27. The Morgan fingerprint density at radius 3 is 1.46 bits per heavy atom. The van der Waals surface area contributed by atoms with Gasteiger partial charge < -0.3 is 69.7 Å². The van der Waals surface area contributed by atoms with Crippen LogP contribution in [-0.2, 0) is 62.2 Å². The molecule has 4 N–H and O–H groups in total. The smallest absolute Gasteiger partial charge is 0.248 e. The monoisotopic (exact) mass is 1340 g/mol. The van der Waals surface area contributed by atoms with Crippen molar-refractivity contribution in [3.63, 3.8) is 0 Å². The van der Waals surface area contributed by atoms with E-state index in [4.69, 9.17) is 9.47 Å². The fourth-order valence-corrected chi connectivity index (χ4v) is 12.9. The van der Waals surface area contributed by atoms with E-state index in [1.54, 1.807) is 54.7 Å². The van der Waals surface area contributed by atoms with Crippen LogP contribution in [0.2, 0.25) is 0 Å². The largest absolute Gasteiger partial charge is 0.390 e. The number of hydrogen-bond acceptors (Lipinski definition) is 15. The average Bonchev–Trinajstić information content (AvgIpc) is 0.809.